The number of nitrogens with zero attached hydrogens (tertiary/aromatic N) is 5. The number of piperidine rings is 1. The quantitative estimate of drug-likeness (QED) is 0.796. The van der Waals surface area contributed by atoms with Crippen molar-refractivity contribution in [2.45, 2.75) is 64.1 Å². The number of hydrogen-bond donors (Lipinski definition) is 0. The molecule has 4 aliphatic rings. The summed E-state index contributed by atoms with van der Waals surface area (Å²) in [7, 11) is 2.22. The lowest BCUT2D eigenvalue weighted by Crippen LogP contribution is -2.53. The normalized spacial score (nSPS) is 30.6. The standard InChI is InChI=1S/C22H33N5O/c1-16(28)18-9-22(10-18)5-7-26(8-6-22)13-17-11-23-21(24-12-17)27-19-3-4-20(27)15-25(2)14-19/h11-12,18-20H,3-10,13-15H2,1-2H3. The van der Waals surface area contributed by atoms with Gasteiger partial charge in [-0.2, -0.15) is 0 Å². The number of likely N-dealkylation sites (N-methyl/N-ethyl adjacent to an activating group) is 1. The predicted octanol–water partition coefficient (Wildman–Crippen LogP) is 2.34. The highest BCUT2D eigenvalue weighted by Crippen LogP contribution is 2.52. The number of carbonyl (C=O) groups excluding carboxylic acids is 1. The summed E-state index contributed by atoms with van der Waals surface area (Å²) in [5.74, 6) is 1.66. The van der Waals surface area contributed by atoms with Crippen molar-refractivity contribution in [3.63, 3.8) is 0 Å². The molecule has 1 aromatic rings. The molecule has 0 N–H and O–H groups in total. The zero-order valence-corrected chi connectivity index (χ0v) is 17.3. The number of hydrogen-bond acceptors (Lipinski definition) is 6. The Morgan fingerprint density at radius 1 is 1.11 bits per heavy atom. The van der Waals surface area contributed by atoms with Gasteiger partial charge in [0.25, 0.3) is 0 Å². The number of likely N-dealkylation sites (tertiary alicyclic amines) is 2. The molecule has 152 valence electrons. The lowest BCUT2D eigenvalue weighted by atomic mass is 9.56. The fraction of sp³-hybridized carbons (Fsp3) is 0.773. The molecule has 3 aliphatic heterocycles. The number of carbonyl (C=O) groups is 1. The first-order valence-corrected chi connectivity index (χ1v) is 11.0. The van der Waals surface area contributed by atoms with E-state index in [2.05, 4.69) is 21.7 Å². The summed E-state index contributed by atoms with van der Waals surface area (Å²) in [4.78, 5) is 28.5. The highest BCUT2D eigenvalue weighted by molar-refractivity contribution is 5.79. The van der Waals surface area contributed by atoms with Crippen molar-refractivity contribution in [2.75, 3.05) is 38.1 Å². The average Bonchev–Trinajstić information content (AvgIpc) is 2.92. The van der Waals surface area contributed by atoms with E-state index in [9.17, 15) is 4.79 Å². The number of rotatable bonds is 4. The number of Topliss-reactive ketones (excluding diaryl/α,β-unsaturated/α-hetero) is 1. The lowest BCUT2D eigenvalue weighted by molar-refractivity contribution is -0.130. The van der Waals surface area contributed by atoms with Gasteiger partial charge in [-0.15, -0.1) is 0 Å². The molecule has 6 nitrogen and oxygen atoms in total. The Balaban J connectivity index is 1.15. The number of piperazine rings is 1. The van der Waals surface area contributed by atoms with Gasteiger partial charge in [0, 0.05) is 55.6 Å². The third-order valence-electron chi connectivity index (χ3n) is 7.84. The van der Waals surface area contributed by atoms with E-state index in [0.29, 0.717) is 29.2 Å². The summed E-state index contributed by atoms with van der Waals surface area (Å²) in [6.07, 6.45) is 11.3. The fourth-order valence-corrected chi connectivity index (χ4v) is 6.13. The molecule has 1 aromatic heterocycles. The predicted molar refractivity (Wildman–Crippen MR) is 109 cm³/mol. The van der Waals surface area contributed by atoms with E-state index in [4.69, 9.17) is 9.97 Å². The summed E-state index contributed by atoms with van der Waals surface area (Å²) in [5, 5.41) is 0. The van der Waals surface area contributed by atoms with E-state index in [0.717, 1.165) is 51.5 Å². The van der Waals surface area contributed by atoms with Crippen molar-refractivity contribution < 1.29 is 4.79 Å². The third-order valence-corrected chi connectivity index (χ3v) is 7.84. The van der Waals surface area contributed by atoms with E-state index >= 15 is 0 Å². The topological polar surface area (TPSA) is 52.6 Å². The van der Waals surface area contributed by atoms with Crippen LogP contribution in [0.4, 0.5) is 5.95 Å². The molecule has 0 aromatic carbocycles. The van der Waals surface area contributed by atoms with Gasteiger partial charge in [-0.25, -0.2) is 9.97 Å². The Hall–Kier alpha value is -1.53. The van der Waals surface area contributed by atoms with Gasteiger partial charge in [-0.05, 0) is 71.0 Å². The van der Waals surface area contributed by atoms with Gasteiger partial charge in [-0.1, -0.05) is 0 Å². The van der Waals surface area contributed by atoms with Gasteiger partial charge in [0.05, 0.1) is 0 Å². The molecular formula is C22H33N5O. The number of anilines is 1. The van der Waals surface area contributed by atoms with Crippen molar-refractivity contribution in [1.29, 1.82) is 0 Å². The summed E-state index contributed by atoms with van der Waals surface area (Å²) in [6, 6.07) is 1.16. The first kappa shape index (κ1) is 18.5. The monoisotopic (exact) mass is 383 g/mol. The van der Waals surface area contributed by atoms with Crippen LogP contribution in [0.3, 0.4) is 0 Å². The molecule has 2 atom stereocenters. The van der Waals surface area contributed by atoms with Crippen LogP contribution in [-0.4, -0.2) is 70.9 Å². The Morgan fingerprint density at radius 3 is 2.29 bits per heavy atom. The molecule has 0 amide bonds. The molecule has 2 bridgehead atoms. The van der Waals surface area contributed by atoms with Gasteiger partial charge in [0.2, 0.25) is 5.95 Å². The summed E-state index contributed by atoms with van der Waals surface area (Å²) in [5.41, 5.74) is 1.69. The Labute approximate surface area is 168 Å². The summed E-state index contributed by atoms with van der Waals surface area (Å²) in [6.45, 7) is 7.22. The van der Waals surface area contributed by atoms with Gasteiger partial charge < -0.3 is 9.80 Å². The second-order valence-corrected chi connectivity index (χ2v) is 9.90. The molecule has 0 radical (unpaired) electrons. The maximum absolute atomic E-state index is 11.5. The van der Waals surface area contributed by atoms with E-state index in [1.54, 1.807) is 6.92 Å². The Morgan fingerprint density at radius 2 is 1.71 bits per heavy atom. The Kier molecular flexibility index (Phi) is 4.67. The molecule has 28 heavy (non-hydrogen) atoms. The van der Waals surface area contributed by atoms with Crippen LogP contribution < -0.4 is 4.90 Å². The zero-order chi connectivity index (χ0) is 19.3. The lowest BCUT2D eigenvalue weighted by Gasteiger charge is -2.51. The van der Waals surface area contributed by atoms with E-state index in [1.165, 1.54) is 31.2 Å². The average molecular weight is 384 g/mol. The molecule has 3 saturated heterocycles. The zero-order valence-electron chi connectivity index (χ0n) is 17.3. The van der Waals surface area contributed by atoms with Crippen molar-refractivity contribution >= 4 is 11.7 Å². The van der Waals surface area contributed by atoms with Gasteiger partial charge in [0.15, 0.2) is 0 Å². The molecule has 4 fully saturated rings. The molecular weight excluding hydrogens is 350 g/mol. The minimum Gasteiger partial charge on any atom is -0.332 e. The first-order chi connectivity index (χ1) is 13.5. The largest absolute Gasteiger partial charge is 0.332 e. The van der Waals surface area contributed by atoms with Crippen molar-refractivity contribution in [3.05, 3.63) is 18.0 Å². The van der Waals surface area contributed by atoms with Gasteiger partial charge in [0.1, 0.15) is 5.78 Å². The van der Waals surface area contributed by atoms with Crippen LogP contribution in [0.5, 0.6) is 0 Å². The molecule has 4 heterocycles. The van der Waals surface area contributed by atoms with E-state index in [-0.39, 0.29) is 0 Å². The summed E-state index contributed by atoms with van der Waals surface area (Å²) >= 11 is 0. The highest BCUT2D eigenvalue weighted by Gasteiger charge is 2.47. The van der Waals surface area contributed by atoms with Crippen LogP contribution in [0.25, 0.3) is 0 Å². The number of aromatic nitrogens is 2. The van der Waals surface area contributed by atoms with Crippen LogP contribution in [0.1, 0.15) is 51.0 Å². The summed E-state index contributed by atoms with van der Waals surface area (Å²) < 4.78 is 0. The van der Waals surface area contributed by atoms with Crippen LogP contribution in [0.2, 0.25) is 0 Å². The van der Waals surface area contributed by atoms with Crippen molar-refractivity contribution in [3.8, 4) is 0 Å². The van der Waals surface area contributed by atoms with Crippen LogP contribution in [-0.2, 0) is 11.3 Å². The Bertz CT molecular complexity index is 705. The number of fused-ring (bicyclic) bond motifs is 2. The molecule has 5 rings (SSSR count). The minimum atomic E-state index is 0.345. The van der Waals surface area contributed by atoms with Gasteiger partial charge in [-0.3, -0.25) is 9.69 Å². The second kappa shape index (κ2) is 7.06. The maximum Gasteiger partial charge on any atom is 0.225 e. The molecule has 1 aliphatic carbocycles. The van der Waals surface area contributed by atoms with Crippen LogP contribution in [0.15, 0.2) is 12.4 Å². The molecule has 1 spiro atoms. The maximum atomic E-state index is 11.5. The van der Waals surface area contributed by atoms with Gasteiger partial charge >= 0.3 is 0 Å². The SMILES string of the molecule is CC(=O)C1CC2(CCN(Cc3cnc(N4C5CCC4CN(C)C5)nc3)CC2)C1. The molecule has 2 unspecified atom stereocenters. The van der Waals surface area contributed by atoms with Crippen LogP contribution in [0, 0.1) is 11.3 Å². The fourth-order valence-electron chi connectivity index (χ4n) is 6.13. The van der Waals surface area contributed by atoms with Crippen molar-refractivity contribution in [1.82, 2.24) is 19.8 Å². The first-order valence-electron chi connectivity index (χ1n) is 11.0. The number of ketones is 1. The smallest absolute Gasteiger partial charge is 0.225 e. The van der Waals surface area contributed by atoms with E-state index < -0.39 is 0 Å². The van der Waals surface area contributed by atoms with Crippen molar-refractivity contribution in [2.24, 2.45) is 11.3 Å². The molecule has 6 heteroatoms. The second-order valence-electron chi connectivity index (χ2n) is 9.90. The molecule has 1 saturated carbocycles. The highest BCUT2D eigenvalue weighted by atomic mass is 16.1. The third kappa shape index (κ3) is 3.35. The van der Waals surface area contributed by atoms with Crippen LogP contribution >= 0.6 is 0 Å². The minimum absolute atomic E-state index is 0.345. The van der Waals surface area contributed by atoms with E-state index in [1.807, 2.05) is 12.4 Å².